The molecule has 0 radical (unpaired) electrons. The summed E-state index contributed by atoms with van der Waals surface area (Å²) in [5.74, 6) is 0.0981. The molecule has 1 aliphatic heterocycles. The van der Waals surface area contributed by atoms with Crippen molar-refractivity contribution < 1.29 is 4.79 Å². The Morgan fingerprint density at radius 3 is 2.52 bits per heavy atom. The van der Waals surface area contributed by atoms with E-state index in [1.807, 2.05) is 29.2 Å². The molecule has 1 aliphatic rings. The van der Waals surface area contributed by atoms with Crippen LogP contribution in [0.5, 0.6) is 0 Å². The van der Waals surface area contributed by atoms with Crippen LogP contribution in [0.15, 0.2) is 54.4 Å². The largest absolute Gasteiger partial charge is 0.336 e. The van der Waals surface area contributed by atoms with Crippen LogP contribution >= 0.6 is 11.3 Å². The van der Waals surface area contributed by atoms with Gasteiger partial charge in [-0.3, -0.25) is 9.69 Å². The van der Waals surface area contributed by atoms with E-state index in [0.717, 1.165) is 44.0 Å². The molecule has 0 unspecified atom stereocenters. The standard InChI is InChI=1S/C18H19N5OS/c24-18(15-3-5-16(6-4-15)23-14-19-13-20-23)22-9-7-21(8-10-22)12-17-2-1-11-25-17/h1-6,11,13-14H,7-10,12H2. The monoisotopic (exact) mass is 353 g/mol. The van der Waals surface area contributed by atoms with Gasteiger partial charge in [0.2, 0.25) is 0 Å². The van der Waals surface area contributed by atoms with E-state index in [4.69, 9.17) is 0 Å². The average molecular weight is 353 g/mol. The summed E-state index contributed by atoms with van der Waals surface area (Å²) in [7, 11) is 0. The molecular weight excluding hydrogens is 334 g/mol. The Morgan fingerprint density at radius 2 is 1.88 bits per heavy atom. The van der Waals surface area contributed by atoms with Gasteiger partial charge in [-0.15, -0.1) is 11.3 Å². The molecule has 0 N–H and O–H groups in total. The van der Waals surface area contributed by atoms with Crippen LogP contribution < -0.4 is 0 Å². The Morgan fingerprint density at radius 1 is 1.08 bits per heavy atom. The number of rotatable bonds is 4. The number of carbonyl (C=O) groups excluding carboxylic acids is 1. The van der Waals surface area contributed by atoms with Crippen molar-refractivity contribution in [3.05, 3.63) is 64.9 Å². The number of piperazine rings is 1. The van der Waals surface area contributed by atoms with Crippen molar-refractivity contribution >= 4 is 17.2 Å². The molecule has 3 aromatic rings. The van der Waals surface area contributed by atoms with Crippen molar-refractivity contribution in [2.75, 3.05) is 26.2 Å². The Hall–Kier alpha value is -2.51. The number of nitrogens with zero attached hydrogens (tertiary/aromatic N) is 5. The van der Waals surface area contributed by atoms with Gasteiger partial charge in [0.05, 0.1) is 5.69 Å². The summed E-state index contributed by atoms with van der Waals surface area (Å²) < 4.78 is 1.68. The number of thiophene rings is 1. The van der Waals surface area contributed by atoms with Crippen LogP contribution in [-0.4, -0.2) is 56.7 Å². The molecule has 6 nitrogen and oxygen atoms in total. The summed E-state index contributed by atoms with van der Waals surface area (Å²) in [6, 6.07) is 11.8. The smallest absolute Gasteiger partial charge is 0.253 e. The lowest BCUT2D eigenvalue weighted by Gasteiger charge is -2.34. The van der Waals surface area contributed by atoms with Crippen LogP contribution in [0.4, 0.5) is 0 Å². The predicted octanol–water partition coefficient (Wildman–Crippen LogP) is 2.29. The van der Waals surface area contributed by atoms with Crippen LogP contribution in [0.1, 0.15) is 15.2 Å². The van der Waals surface area contributed by atoms with Gasteiger partial charge in [-0.25, -0.2) is 9.67 Å². The number of carbonyl (C=O) groups is 1. The number of amides is 1. The summed E-state index contributed by atoms with van der Waals surface area (Å²) in [6.45, 7) is 4.36. The fourth-order valence-corrected chi connectivity index (χ4v) is 3.76. The lowest BCUT2D eigenvalue weighted by Crippen LogP contribution is -2.48. The SMILES string of the molecule is O=C(c1ccc(-n2cncn2)cc1)N1CCN(Cc2cccs2)CC1. The van der Waals surface area contributed by atoms with Gasteiger partial charge in [0, 0.05) is 43.2 Å². The van der Waals surface area contributed by atoms with Gasteiger partial charge in [0.25, 0.3) is 5.91 Å². The van der Waals surface area contributed by atoms with Crippen LogP contribution in [0.25, 0.3) is 5.69 Å². The quantitative estimate of drug-likeness (QED) is 0.722. The fourth-order valence-electron chi connectivity index (χ4n) is 3.01. The summed E-state index contributed by atoms with van der Waals surface area (Å²) in [4.78, 5) is 22.4. The van der Waals surface area contributed by atoms with Gasteiger partial charge in [-0.2, -0.15) is 5.10 Å². The van der Waals surface area contributed by atoms with Crippen molar-refractivity contribution in [1.29, 1.82) is 0 Å². The zero-order chi connectivity index (χ0) is 17.1. The van der Waals surface area contributed by atoms with Gasteiger partial charge in [-0.1, -0.05) is 6.07 Å². The topological polar surface area (TPSA) is 54.3 Å². The fraction of sp³-hybridized carbons (Fsp3) is 0.278. The molecule has 0 bridgehead atoms. The Balaban J connectivity index is 1.35. The zero-order valence-corrected chi connectivity index (χ0v) is 14.6. The van der Waals surface area contributed by atoms with Crippen molar-refractivity contribution in [2.24, 2.45) is 0 Å². The summed E-state index contributed by atoms with van der Waals surface area (Å²) in [6.07, 6.45) is 3.14. The van der Waals surface area contributed by atoms with Gasteiger partial charge >= 0.3 is 0 Å². The van der Waals surface area contributed by atoms with E-state index in [9.17, 15) is 4.79 Å². The average Bonchev–Trinajstić information content (AvgIpc) is 3.36. The molecule has 0 spiro atoms. The van der Waals surface area contributed by atoms with E-state index in [1.165, 1.54) is 11.2 Å². The molecule has 1 fully saturated rings. The lowest BCUT2D eigenvalue weighted by molar-refractivity contribution is 0.0629. The molecule has 0 saturated carbocycles. The molecule has 0 aliphatic carbocycles. The third-order valence-corrected chi connectivity index (χ3v) is 5.28. The first-order chi connectivity index (χ1) is 12.3. The van der Waals surface area contributed by atoms with E-state index >= 15 is 0 Å². The third-order valence-electron chi connectivity index (χ3n) is 4.42. The lowest BCUT2D eigenvalue weighted by atomic mass is 10.1. The molecule has 1 aromatic carbocycles. The van der Waals surface area contributed by atoms with E-state index in [0.29, 0.717) is 0 Å². The number of benzene rings is 1. The summed E-state index contributed by atoms with van der Waals surface area (Å²) in [5.41, 5.74) is 1.62. The van der Waals surface area contributed by atoms with Crippen molar-refractivity contribution in [2.45, 2.75) is 6.54 Å². The van der Waals surface area contributed by atoms with Crippen molar-refractivity contribution in [3.63, 3.8) is 0 Å². The number of aromatic nitrogens is 3. The number of hydrogen-bond acceptors (Lipinski definition) is 5. The maximum absolute atomic E-state index is 12.7. The highest BCUT2D eigenvalue weighted by molar-refractivity contribution is 7.09. The molecule has 128 valence electrons. The van der Waals surface area contributed by atoms with Crippen LogP contribution in [0.3, 0.4) is 0 Å². The molecule has 1 amide bonds. The minimum absolute atomic E-state index is 0.0981. The Bertz CT molecular complexity index is 806. The number of hydrogen-bond donors (Lipinski definition) is 0. The predicted molar refractivity (Wildman–Crippen MR) is 96.9 cm³/mol. The highest BCUT2D eigenvalue weighted by Crippen LogP contribution is 2.15. The van der Waals surface area contributed by atoms with Gasteiger partial charge in [-0.05, 0) is 35.7 Å². The van der Waals surface area contributed by atoms with Gasteiger partial charge < -0.3 is 4.90 Å². The third kappa shape index (κ3) is 3.62. The van der Waals surface area contributed by atoms with E-state index < -0.39 is 0 Å². The minimum Gasteiger partial charge on any atom is -0.336 e. The zero-order valence-electron chi connectivity index (χ0n) is 13.8. The molecule has 0 atom stereocenters. The summed E-state index contributed by atoms with van der Waals surface area (Å²) >= 11 is 1.79. The maximum Gasteiger partial charge on any atom is 0.253 e. The second kappa shape index (κ2) is 7.16. The first-order valence-electron chi connectivity index (χ1n) is 8.29. The highest BCUT2D eigenvalue weighted by Gasteiger charge is 2.22. The Kier molecular flexibility index (Phi) is 4.58. The van der Waals surface area contributed by atoms with Crippen LogP contribution in [0, 0.1) is 0 Å². The first-order valence-corrected chi connectivity index (χ1v) is 9.17. The molecular formula is C18H19N5OS. The van der Waals surface area contributed by atoms with E-state index in [2.05, 4.69) is 32.5 Å². The normalized spacial score (nSPS) is 15.4. The van der Waals surface area contributed by atoms with E-state index in [1.54, 1.807) is 22.3 Å². The van der Waals surface area contributed by atoms with Crippen LogP contribution in [-0.2, 0) is 6.54 Å². The molecule has 1 saturated heterocycles. The minimum atomic E-state index is 0.0981. The molecule has 4 rings (SSSR count). The molecule has 3 heterocycles. The highest BCUT2D eigenvalue weighted by atomic mass is 32.1. The molecule has 2 aromatic heterocycles. The van der Waals surface area contributed by atoms with E-state index in [-0.39, 0.29) is 5.91 Å². The first kappa shape index (κ1) is 16.0. The van der Waals surface area contributed by atoms with Crippen molar-refractivity contribution in [1.82, 2.24) is 24.6 Å². The molecule has 7 heteroatoms. The van der Waals surface area contributed by atoms with Gasteiger partial charge in [0.1, 0.15) is 12.7 Å². The summed E-state index contributed by atoms with van der Waals surface area (Å²) in [5, 5.41) is 6.20. The van der Waals surface area contributed by atoms with Crippen molar-refractivity contribution in [3.8, 4) is 5.69 Å². The maximum atomic E-state index is 12.7. The Labute approximate surface area is 150 Å². The second-order valence-corrected chi connectivity index (χ2v) is 7.07. The second-order valence-electron chi connectivity index (χ2n) is 6.03. The van der Waals surface area contributed by atoms with Crippen LogP contribution in [0.2, 0.25) is 0 Å². The van der Waals surface area contributed by atoms with Gasteiger partial charge in [0.15, 0.2) is 0 Å². The molecule has 25 heavy (non-hydrogen) atoms.